The fraction of sp³-hybridized carbons (Fsp3) is 0.600. The molecule has 2 amide bonds. The Bertz CT molecular complexity index is 642. The number of benzene rings is 1. The second-order valence-corrected chi connectivity index (χ2v) is 8.89. The highest BCUT2D eigenvalue weighted by atomic mass is 35.5. The fourth-order valence-corrected chi connectivity index (χ4v) is 3.55. The van der Waals surface area contributed by atoms with Crippen LogP contribution in [-0.2, 0) is 9.59 Å². The van der Waals surface area contributed by atoms with Crippen molar-refractivity contribution in [1.82, 2.24) is 5.32 Å². The number of carbonyl (C=O) groups excluding carboxylic acids is 2. The van der Waals surface area contributed by atoms with Gasteiger partial charge in [0.1, 0.15) is 13.1 Å². The largest absolute Gasteiger partial charge is 0.347 e. The van der Waals surface area contributed by atoms with Crippen LogP contribution in [-0.4, -0.2) is 56.1 Å². The van der Waals surface area contributed by atoms with Gasteiger partial charge in [0.2, 0.25) is 0 Å². The molecule has 0 radical (unpaired) electrons. The molecule has 2 unspecified atom stereocenters. The van der Waals surface area contributed by atoms with Gasteiger partial charge in [-0.25, -0.2) is 0 Å². The van der Waals surface area contributed by atoms with Gasteiger partial charge < -0.3 is 20.4 Å². The van der Waals surface area contributed by atoms with Crippen molar-refractivity contribution in [2.45, 2.75) is 45.7 Å². The molecule has 0 saturated carbocycles. The molecule has 0 aliphatic carbocycles. The van der Waals surface area contributed by atoms with Gasteiger partial charge in [-0.3, -0.25) is 9.59 Å². The first-order valence-electron chi connectivity index (χ1n) is 9.69. The summed E-state index contributed by atoms with van der Waals surface area (Å²) in [4.78, 5) is 27.3. The van der Waals surface area contributed by atoms with Gasteiger partial charge in [-0.05, 0) is 52.0 Å². The minimum Gasteiger partial charge on any atom is -0.347 e. The molecule has 1 aliphatic heterocycles. The molecule has 150 valence electrons. The molecule has 0 aromatic heterocycles. The Morgan fingerprint density at radius 1 is 1.11 bits per heavy atom. The zero-order valence-electron chi connectivity index (χ0n) is 16.8. The summed E-state index contributed by atoms with van der Waals surface area (Å²) in [6.45, 7) is 12.1. The standard InChI is InChI=1S/C20H31ClN4O2/c1-15(19(27)22-17-8-6-16(21)7-9-17)25-11-5-10-24(12-13-25)14-18(26)23-20(2,3)4/h6-9,15H,5,10-14H2,1-4H3,(H,22,27)(H,23,26)/p+2/t15-/m1/s1. The highest BCUT2D eigenvalue weighted by Gasteiger charge is 2.30. The Morgan fingerprint density at radius 2 is 1.78 bits per heavy atom. The molecule has 27 heavy (non-hydrogen) atoms. The second kappa shape index (κ2) is 9.53. The summed E-state index contributed by atoms with van der Waals surface area (Å²) in [6.07, 6.45) is 1.01. The van der Waals surface area contributed by atoms with Crippen LogP contribution in [0.2, 0.25) is 5.02 Å². The summed E-state index contributed by atoms with van der Waals surface area (Å²) in [6, 6.07) is 7.02. The fourth-order valence-electron chi connectivity index (χ4n) is 3.42. The van der Waals surface area contributed by atoms with Gasteiger partial charge in [-0.2, -0.15) is 0 Å². The monoisotopic (exact) mass is 396 g/mol. The predicted octanol–water partition coefficient (Wildman–Crippen LogP) is -0.245. The van der Waals surface area contributed by atoms with Crippen molar-refractivity contribution in [3.8, 4) is 0 Å². The van der Waals surface area contributed by atoms with E-state index in [1.807, 2.05) is 39.8 Å². The lowest BCUT2D eigenvalue weighted by Gasteiger charge is -2.24. The van der Waals surface area contributed by atoms with Crippen molar-refractivity contribution in [2.75, 3.05) is 38.0 Å². The number of hydrogen-bond acceptors (Lipinski definition) is 2. The van der Waals surface area contributed by atoms with Crippen LogP contribution in [0.3, 0.4) is 0 Å². The molecule has 0 bridgehead atoms. The number of carbonyl (C=O) groups is 2. The average Bonchev–Trinajstić information content (AvgIpc) is 2.80. The first-order valence-corrected chi connectivity index (χ1v) is 10.1. The van der Waals surface area contributed by atoms with Crippen LogP contribution >= 0.6 is 11.6 Å². The number of rotatable bonds is 5. The number of halogens is 1. The minimum absolute atomic E-state index is 0.0150. The Kier molecular flexibility index (Phi) is 7.65. The number of nitrogens with one attached hydrogen (secondary N) is 4. The van der Waals surface area contributed by atoms with E-state index in [4.69, 9.17) is 11.6 Å². The maximum absolute atomic E-state index is 12.6. The Balaban J connectivity index is 1.84. The van der Waals surface area contributed by atoms with Crippen LogP contribution in [0.25, 0.3) is 0 Å². The Morgan fingerprint density at radius 3 is 2.41 bits per heavy atom. The van der Waals surface area contributed by atoms with E-state index in [2.05, 4.69) is 10.6 Å². The van der Waals surface area contributed by atoms with Gasteiger partial charge in [-0.15, -0.1) is 0 Å². The molecule has 2 rings (SSSR count). The van der Waals surface area contributed by atoms with E-state index in [1.165, 1.54) is 9.80 Å². The van der Waals surface area contributed by atoms with Crippen LogP contribution in [0.5, 0.6) is 0 Å². The molecular weight excluding hydrogens is 364 g/mol. The van der Waals surface area contributed by atoms with Crippen molar-refractivity contribution >= 4 is 29.1 Å². The predicted molar refractivity (Wildman–Crippen MR) is 108 cm³/mol. The molecule has 1 aliphatic rings. The van der Waals surface area contributed by atoms with Crippen molar-refractivity contribution < 1.29 is 19.4 Å². The Hall–Kier alpha value is -1.63. The second-order valence-electron chi connectivity index (χ2n) is 8.45. The number of hydrogen-bond donors (Lipinski definition) is 4. The van der Waals surface area contributed by atoms with Crippen LogP contribution < -0.4 is 20.4 Å². The molecule has 6 nitrogen and oxygen atoms in total. The van der Waals surface area contributed by atoms with Gasteiger partial charge in [0, 0.05) is 22.7 Å². The van der Waals surface area contributed by atoms with E-state index < -0.39 is 0 Å². The van der Waals surface area contributed by atoms with E-state index in [1.54, 1.807) is 12.1 Å². The first kappa shape index (κ1) is 21.7. The van der Waals surface area contributed by atoms with Crippen molar-refractivity contribution in [3.63, 3.8) is 0 Å². The third-order valence-electron chi connectivity index (χ3n) is 4.87. The SMILES string of the molecule is C[C@H](C(=O)Nc1ccc(Cl)cc1)[NH+]1CCC[NH+](CC(=O)NC(C)(C)C)CC1. The third kappa shape index (κ3) is 7.48. The maximum atomic E-state index is 12.6. The van der Waals surface area contributed by atoms with Gasteiger partial charge >= 0.3 is 0 Å². The topological polar surface area (TPSA) is 67.1 Å². The molecule has 1 fully saturated rings. The molecule has 1 aromatic rings. The van der Waals surface area contributed by atoms with E-state index in [9.17, 15) is 9.59 Å². The number of quaternary nitrogens is 2. The molecular formula is C20H33ClN4O2+2. The lowest BCUT2D eigenvalue weighted by molar-refractivity contribution is -0.942. The zero-order chi connectivity index (χ0) is 20.0. The summed E-state index contributed by atoms with van der Waals surface area (Å²) < 4.78 is 0. The van der Waals surface area contributed by atoms with Crippen LogP contribution in [0.15, 0.2) is 24.3 Å². The molecule has 0 spiro atoms. The minimum atomic E-state index is -0.200. The third-order valence-corrected chi connectivity index (χ3v) is 5.12. The number of amides is 2. The lowest BCUT2D eigenvalue weighted by atomic mass is 10.1. The maximum Gasteiger partial charge on any atom is 0.282 e. The normalized spacial score (nSPS) is 21.8. The Labute approximate surface area is 167 Å². The van der Waals surface area contributed by atoms with E-state index >= 15 is 0 Å². The van der Waals surface area contributed by atoms with E-state index in [0.29, 0.717) is 11.6 Å². The highest BCUT2D eigenvalue weighted by Crippen LogP contribution is 2.13. The van der Waals surface area contributed by atoms with Crippen molar-refractivity contribution in [2.24, 2.45) is 0 Å². The van der Waals surface area contributed by atoms with E-state index in [-0.39, 0.29) is 23.4 Å². The highest BCUT2D eigenvalue weighted by molar-refractivity contribution is 6.30. The molecule has 3 atom stereocenters. The van der Waals surface area contributed by atoms with Crippen LogP contribution in [0, 0.1) is 0 Å². The summed E-state index contributed by atoms with van der Waals surface area (Å²) in [5, 5.41) is 6.65. The van der Waals surface area contributed by atoms with E-state index in [0.717, 1.165) is 38.3 Å². The molecule has 4 N–H and O–H groups in total. The molecule has 7 heteroatoms. The summed E-state index contributed by atoms with van der Waals surface area (Å²) in [5.41, 5.74) is 0.560. The van der Waals surface area contributed by atoms with Crippen LogP contribution in [0.1, 0.15) is 34.1 Å². The van der Waals surface area contributed by atoms with Gasteiger partial charge in [0.25, 0.3) is 11.8 Å². The van der Waals surface area contributed by atoms with Crippen molar-refractivity contribution in [3.05, 3.63) is 29.3 Å². The smallest absolute Gasteiger partial charge is 0.282 e. The lowest BCUT2D eigenvalue weighted by Crippen LogP contribution is -3.20. The van der Waals surface area contributed by atoms with Crippen molar-refractivity contribution in [1.29, 1.82) is 0 Å². The summed E-state index contributed by atoms with van der Waals surface area (Å²) in [5.74, 6) is 0.107. The van der Waals surface area contributed by atoms with Gasteiger partial charge in [0.05, 0.1) is 13.1 Å². The van der Waals surface area contributed by atoms with Gasteiger partial charge in [-0.1, -0.05) is 11.6 Å². The van der Waals surface area contributed by atoms with Gasteiger partial charge in [0.15, 0.2) is 12.6 Å². The molecule has 1 aromatic carbocycles. The average molecular weight is 397 g/mol. The summed E-state index contributed by atoms with van der Waals surface area (Å²) in [7, 11) is 0. The molecule has 1 saturated heterocycles. The summed E-state index contributed by atoms with van der Waals surface area (Å²) >= 11 is 5.89. The number of anilines is 1. The quantitative estimate of drug-likeness (QED) is 0.554. The first-order chi connectivity index (χ1) is 12.6. The van der Waals surface area contributed by atoms with Crippen LogP contribution in [0.4, 0.5) is 5.69 Å². The zero-order valence-corrected chi connectivity index (χ0v) is 17.6. The molecule has 1 heterocycles.